The highest BCUT2D eigenvalue weighted by molar-refractivity contribution is 4.70. The quantitative estimate of drug-likeness (QED) is 0.559. The van der Waals surface area contributed by atoms with Crippen molar-refractivity contribution in [1.29, 1.82) is 0 Å². The van der Waals surface area contributed by atoms with Gasteiger partial charge in [-0.1, -0.05) is 0 Å². The number of hydrogen-bond acceptors (Lipinski definition) is 4. The minimum atomic E-state index is 0.262. The molecule has 0 saturated carbocycles. The van der Waals surface area contributed by atoms with Crippen LogP contribution in [0.3, 0.4) is 0 Å². The van der Waals surface area contributed by atoms with E-state index in [1.165, 1.54) is 0 Å². The van der Waals surface area contributed by atoms with Crippen molar-refractivity contribution in [2.45, 2.75) is 12.5 Å². The Bertz CT molecular complexity index is 133. The van der Waals surface area contributed by atoms with Crippen LogP contribution < -0.4 is 5.32 Å². The van der Waals surface area contributed by atoms with Crippen LogP contribution in [0.5, 0.6) is 0 Å². The molecule has 4 nitrogen and oxygen atoms in total. The molecule has 2 N–H and O–H groups in total. The normalized spacial score (nSPS) is 24.9. The molecule has 0 aromatic rings. The van der Waals surface area contributed by atoms with Crippen molar-refractivity contribution in [3.05, 3.63) is 0 Å². The summed E-state index contributed by atoms with van der Waals surface area (Å²) in [7, 11) is 2.11. The third-order valence-corrected chi connectivity index (χ3v) is 2.23. The number of ether oxygens (including phenoxy) is 1. The predicted octanol–water partition coefficient (Wildman–Crippen LogP) is -0.711. The molecule has 0 radical (unpaired) electrons. The van der Waals surface area contributed by atoms with Crippen LogP contribution in [0.25, 0.3) is 0 Å². The molecule has 1 rings (SSSR count). The van der Waals surface area contributed by atoms with Crippen LogP contribution in [0.2, 0.25) is 0 Å². The van der Waals surface area contributed by atoms with E-state index in [4.69, 9.17) is 9.84 Å². The van der Waals surface area contributed by atoms with Crippen molar-refractivity contribution in [2.24, 2.45) is 0 Å². The Morgan fingerprint density at radius 3 is 3.15 bits per heavy atom. The van der Waals surface area contributed by atoms with E-state index < -0.39 is 0 Å². The smallest absolute Gasteiger partial charge is 0.0826 e. The van der Waals surface area contributed by atoms with Crippen molar-refractivity contribution in [2.75, 3.05) is 46.4 Å². The van der Waals surface area contributed by atoms with Gasteiger partial charge in [0.15, 0.2) is 0 Å². The number of nitrogens with one attached hydrogen (secondary N) is 1. The van der Waals surface area contributed by atoms with Gasteiger partial charge in [0, 0.05) is 26.2 Å². The van der Waals surface area contributed by atoms with Crippen LogP contribution in [-0.2, 0) is 4.74 Å². The second-order valence-electron chi connectivity index (χ2n) is 3.54. The number of rotatable bonds is 5. The SMILES string of the molecule is CN1CCOC(CNCCCO)C1. The molecule has 13 heavy (non-hydrogen) atoms. The van der Waals surface area contributed by atoms with Gasteiger partial charge in [0.1, 0.15) is 0 Å². The molecule has 0 aromatic carbocycles. The summed E-state index contributed by atoms with van der Waals surface area (Å²) >= 11 is 0. The first-order valence-electron chi connectivity index (χ1n) is 4.94. The average Bonchev–Trinajstić information content (AvgIpc) is 2.13. The highest BCUT2D eigenvalue weighted by Crippen LogP contribution is 2.01. The van der Waals surface area contributed by atoms with Gasteiger partial charge in [-0.25, -0.2) is 0 Å². The number of aliphatic hydroxyl groups is 1. The molecular formula is C9H20N2O2. The first-order chi connectivity index (χ1) is 6.33. The van der Waals surface area contributed by atoms with Crippen LogP contribution in [-0.4, -0.2) is 62.6 Å². The van der Waals surface area contributed by atoms with E-state index in [0.717, 1.165) is 39.2 Å². The predicted molar refractivity (Wildman–Crippen MR) is 51.8 cm³/mol. The fourth-order valence-corrected chi connectivity index (χ4v) is 1.46. The highest BCUT2D eigenvalue weighted by atomic mass is 16.5. The minimum absolute atomic E-state index is 0.262. The summed E-state index contributed by atoms with van der Waals surface area (Å²) in [6, 6.07) is 0. The lowest BCUT2D eigenvalue weighted by atomic mass is 10.3. The minimum Gasteiger partial charge on any atom is -0.396 e. The van der Waals surface area contributed by atoms with Crippen LogP contribution in [0, 0.1) is 0 Å². The molecule has 0 spiro atoms. The zero-order valence-electron chi connectivity index (χ0n) is 8.33. The van der Waals surface area contributed by atoms with Crippen LogP contribution in [0.4, 0.5) is 0 Å². The van der Waals surface area contributed by atoms with Crippen molar-refractivity contribution >= 4 is 0 Å². The van der Waals surface area contributed by atoms with Gasteiger partial charge in [-0.05, 0) is 20.0 Å². The molecule has 1 aliphatic heterocycles. The Kier molecular flexibility index (Phi) is 5.31. The summed E-state index contributed by atoms with van der Waals surface area (Å²) in [6.07, 6.45) is 1.14. The van der Waals surface area contributed by atoms with Gasteiger partial charge in [-0.2, -0.15) is 0 Å². The van der Waals surface area contributed by atoms with E-state index in [9.17, 15) is 0 Å². The summed E-state index contributed by atoms with van der Waals surface area (Å²) in [5.74, 6) is 0. The summed E-state index contributed by atoms with van der Waals surface area (Å²) in [5.41, 5.74) is 0. The second-order valence-corrected chi connectivity index (χ2v) is 3.54. The molecule has 4 heteroatoms. The van der Waals surface area contributed by atoms with E-state index in [1.807, 2.05) is 0 Å². The monoisotopic (exact) mass is 188 g/mol. The van der Waals surface area contributed by atoms with Gasteiger partial charge in [0.25, 0.3) is 0 Å². The van der Waals surface area contributed by atoms with Crippen molar-refractivity contribution < 1.29 is 9.84 Å². The van der Waals surface area contributed by atoms with E-state index in [-0.39, 0.29) is 6.61 Å². The third-order valence-electron chi connectivity index (χ3n) is 2.23. The summed E-state index contributed by atoms with van der Waals surface area (Å²) in [5, 5.41) is 11.8. The lowest BCUT2D eigenvalue weighted by molar-refractivity contribution is -0.0181. The van der Waals surface area contributed by atoms with Crippen LogP contribution in [0.1, 0.15) is 6.42 Å². The van der Waals surface area contributed by atoms with Crippen molar-refractivity contribution in [1.82, 2.24) is 10.2 Å². The highest BCUT2D eigenvalue weighted by Gasteiger charge is 2.16. The lowest BCUT2D eigenvalue weighted by Crippen LogP contribution is -2.45. The van der Waals surface area contributed by atoms with E-state index in [1.54, 1.807) is 0 Å². The number of aliphatic hydroxyl groups excluding tert-OH is 1. The topological polar surface area (TPSA) is 44.7 Å². The fraction of sp³-hybridized carbons (Fsp3) is 1.00. The molecule has 0 bridgehead atoms. The number of likely N-dealkylation sites (N-methyl/N-ethyl adjacent to an activating group) is 1. The zero-order valence-corrected chi connectivity index (χ0v) is 8.33. The van der Waals surface area contributed by atoms with Crippen molar-refractivity contribution in [3.63, 3.8) is 0 Å². The number of morpholine rings is 1. The van der Waals surface area contributed by atoms with E-state index in [0.29, 0.717) is 6.10 Å². The molecule has 1 aliphatic rings. The molecule has 1 atom stereocenters. The van der Waals surface area contributed by atoms with Gasteiger partial charge in [-0.15, -0.1) is 0 Å². The fourth-order valence-electron chi connectivity index (χ4n) is 1.46. The Labute approximate surface area is 79.9 Å². The van der Waals surface area contributed by atoms with Gasteiger partial charge in [0.2, 0.25) is 0 Å². The largest absolute Gasteiger partial charge is 0.396 e. The summed E-state index contributed by atoms with van der Waals surface area (Å²) < 4.78 is 5.56. The number of hydrogen-bond donors (Lipinski definition) is 2. The maximum absolute atomic E-state index is 8.57. The van der Waals surface area contributed by atoms with Gasteiger partial charge in [-0.3, -0.25) is 0 Å². The second kappa shape index (κ2) is 6.32. The Morgan fingerprint density at radius 1 is 1.62 bits per heavy atom. The first kappa shape index (κ1) is 10.9. The maximum atomic E-state index is 8.57. The Balaban J connectivity index is 2.00. The number of nitrogens with zero attached hydrogens (tertiary/aromatic N) is 1. The van der Waals surface area contributed by atoms with Crippen molar-refractivity contribution in [3.8, 4) is 0 Å². The van der Waals surface area contributed by atoms with Crippen LogP contribution >= 0.6 is 0 Å². The van der Waals surface area contributed by atoms with Gasteiger partial charge in [0.05, 0.1) is 12.7 Å². The molecule has 0 aromatic heterocycles. The lowest BCUT2D eigenvalue weighted by Gasteiger charge is -2.30. The molecule has 1 heterocycles. The average molecular weight is 188 g/mol. The van der Waals surface area contributed by atoms with E-state index >= 15 is 0 Å². The standard InChI is InChI=1S/C9H20N2O2/c1-11-4-6-13-9(8-11)7-10-3-2-5-12/h9-10,12H,2-8H2,1H3. The zero-order chi connectivity index (χ0) is 9.52. The summed E-state index contributed by atoms with van der Waals surface area (Å²) in [6.45, 7) is 4.91. The Morgan fingerprint density at radius 2 is 2.46 bits per heavy atom. The molecule has 1 unspecified atom stereocenters. The molecule has 1 fully saturated rings. The van der Waals surface area contributed by atoms with E-state index in [2.05, 4.69) is 17.3 Å². The van der Waals surface area contributed by atoms with Gasteiger partial charge < -0.3 is 20.1 Å². The molecule has 1 saturated heterocycles. The summed E-state index contributed by atoms with van der Waals surface area (Å²) in [4.78, 5) is 2.28. The molecule has 0 amide bonds. The molecular weight excluding hydrogens is 168 g/mol. The third kappa shape index (κ3) is 4.57. The Hall–Kier alpha value is -0.160. The molecule has 78 valence electrons. The molecule has 0 aliphatic carbocycles. The maximum Gasteiger partial charge on any atom is 0.0826 e. The van der Waals surface area contributed by atoms with Gasteiger partial charge >= 0.3 is 0 Å². The van der Waals surface area contributed by atoms with Crippen LogP contribution in [0.15, 0.2) is 0 Å². The first-order valence-corrected chi connectivity index (χ1v) is 4.94.